The van der Waals surface area contributed by atoms with Crippen LogP contribution in [0.3, 0.4) is 0 Å². The molecule has 0 bridgehead atoms. The van der Waals surface area contributed by atoms with Crippen molar-refractivity contribution in [1.82, 2.24) is 19.7 Å². The molecule has 9 nitrogen and oxygen atoms in total. The van der Waals surface area contributed by atoms with Crippen LogP contribution >= 0.6 is 23.2 Å². The van der Waals surface area contributed by atoms with Crippen molar-refractivity contribution in [2.24, 2.45) is 9.98 Å². The number of amidine groups is 1. The number of sulfonamides is 1. The molecular formula is C15H15Cl2N7O2S. The van der Waals surface area contributed by atoms with Gasteiger partial charge in [-0.3, -0.25) is 4.99 Å². The van der Waals surface area contributed by atoms with Crippen LogP contribution in [0.1, 0.15) is 0 Å². The number of aromatic nitrogens is 3. The molecule has 0 spiro atoms. The van der Waals surface area contributed by atoms with Gasteiger partial charge in [0.2, 0.25) is 26.5 Å². The van der Waals surface area contributed by atoms with Crippen LogP contribution in [0.4, 0.5) is 11.6 Å². The van der Waals surface area contributed by atoms with Gasteiger partial charge in [-0.15, -0.1) is 0 Å². The van der Waals surface area contributed by atoms with E-state index >= 15 is 0 Å². The number of benzene rings is 1. The Balaban J connectivity index is 2.08. The molecule has 1 aromatic heterocycles. The molecule has 1 heterocycles. The second-order valence-electron chi connectivity index (χ2n) is 4.82. The van der Waals surface area contributed by atoms with Crippen molar-refractivity contribution >= 4 is 56.9 Å². The summed E-state index contributed by atoms with van der Waals surface area (Å²) >= 11 is 11.4. The summed E-state index contributed by atoms with van der Waals surface area (Å²) in [5.41, 5.74) is 0.540. The lowest BCUT2D eigenvalue weighted by molar-refractivity contribution is 0.586. The van der Waals surface area contributed by atoms with E-state index in [1.54, 1.807) is 12.1 Å². The van der Waals surface area contributed by atoms with Gasteiger partial charge in [0, 0.05) is 18.9 Å². The number of nitrogens with zero attached hydrogens (tertiary/aromatic N) is 5. The number of aliphatic imine (C=N–C) groups is 2. The Labute approximate surface area is 166 Å². The van der Waals surface area contributed by atoms with Gasteiger partial charge in [-0.1, -0.05) is 12.7 Å². The van der Waals surface area contributed by atoms with Gasteiger partial charge >= 0.3 is 0 Å². The summed E-state index contributed by atoms with van der Waals surface area (Å²) in [6.45, 7) is 3.44. The molecule has 142 valence electrons. The Hall–Kier alpha value is -2.40. The van der Waals surface area contributed by atoms with Crippen molar-refractivity contribution in [2.45, 2.75) is 4.90 Å². The minimum absolute atomic E-state index is 0.0506. The van der Waals surface area contributed by atoms with E-state index in [1.165, 1.54) is 31.5 Å². The lowest BCUT2D eigenvalue weighted by atomic mass is 10.3. The van der Waals surface area contributed by atoms with Gasteiger partial charge in [-0.2, -0.15) is 15.0 Å². The second-order valence-corrected chi connectivity index (χ2v) is 7.27. The largest absolute Gasteiger partial charge is 0.324 e. The fourth-order valence-electron chi connectivity index (χ4n) is 1.79. The molecule has 0 aliphatic heterocycles. The van der Waals surface area contributed by atoms with Gasteiger partial charge in [-0.25, -0.2) is 18.1 Å². The van der Waals surface area contributed by atoms with Gasteiger partial charge in [0.25, 0.3) is 0 Å². The Kier molecular flexibility index (Phi) is 7.36. The lowest BCUT2D eigenvalue weighted by Crippen LogP contribution is -2.29. The fraction of sp³-hybridized carbons (Fsp3) is 0.133. The highest BCUT2D eigenvalue weighted by Crippen LogP contribution is 2.18. The molecule has 0 aliphatic carbocycles. The van der Waals surface area contributed by atoms with Gasteiger partial charge in [0.15, 0.2) is 0 Å². The maximum Gasteiger partial charge on any atom is 0.240 e. The molecule has 2 aromatic rings. The molecule has 0 saturated heterocycles. The van der Waals surface area contributed by atoms with Crippen LogP contribution in [0.25, 0.3) is 0 Å². The van der Waals surface area contributed by atoms with Crippen molar-refractivity contribution in [3.05, 3.63) is 47.5 Å². The summed E-state index contributed by atoms with van der Waals surface area (Å²) in [5.74, 6) is 0.456. The zero-order valence-corrected chi connectivity index (χ0v) is 16.4. The number of hydrogen-bond acceptors (Lipinski definition) is 7. The maximum absolute atomic E-state index is 12.4. The highest BCUT2D eigenvalue weighted by molar-refractivity contribution is 7.89. The van der Waals surface area contributed by atoms with Crippen LogP contribution in [-0.4, -0.2) is 49.0 Å². The zero-order chi connectivity index (χ0) is 19.9. The van der Waals surface area contributed by atoms with Gasteiger partial charge in [0.05, 0.1) is 11.4 Å². The van der Waals surface area contributed by atoms with Crippen molar-refractivity contribution in [3.63, 3.8) is 0 Å². The molecular weight excluding hydrogens is 413 g/mol. The maximum atomic E-state index is 12.4. The monoisotopic (exact) mass is 427 g/mol. The minimum atomic E-state index is -3.74. The molecule has 0 saturated carbocycles. The number of allylic oxidation sites excluding steroid dienone is 1. The Morgan fingerprint density at radius 3 is 2.37 bits per heavy atom. The van der Waals surface area contributed by atoms with E-state index in [-0.39, 0.29) is 28.0 Å². The van der Waals surface area contributed by atoms with E-state index in [9.17, 15) is 8.42 Å². The lowest BCUT2D eigenvalue weighted by Gasteiger charge is -2.08. The predicted octanol–water partition coefficient (Wildman–Crippen LogP) is 2.49. The van der Waals surface area contributed by atoms with Gasteiger partial charge in [0.1, 0.15) is 5.84 Å². The summed E-state index contributed by atoms with van der Waals surface area (Å²) in [6.07, 6.45) is 2.90. The molecule has 0 amide bonds. The second kappa shape index (κ2) is 9.51. The quantitative estimate of drug-likeness (QED) is 0.516. The SMILES string of the molecule is C=CC=NC(CNS(=O)(=O)c1ccc(Nc2nc(Cl)nc(Cl)n2)cc1)=NC. The predicted molar refractivity (Wildman–Crippen MR) is 107 cm³/mol. The molecule has 12 heteroatoms. The summed E-state index contributed by atoms with van der Waals surface area (Å²) in [4.78, 5) is 19.3. The number of rotatable bonds is 7. The smallest absolute Gasteiger partial charge is 0.240 e. The number of halogens is 2. The summed E-state index contributed by atoms with van der Waals surface area (Å²) < 4.78 is 27.1. The highest BCUT2D eigenvalue weighted by Gasteiger charge is 2.14. The van der Waals surface area contributed by atoms with Crippen LogP contribution in [0.2, 0.25) is 10.6 Å². The van der Waals surface area contributed by atoms with Crippen LogP contribution < -0.4 is 10.0 Å². The van der Waals surface area contributed by atoms with Crippen molar-refractivity contribution < 1.29 is 8.42 Å². The molecule has 0 radical (unpaired) electrons. The summed E-state index contributed by atoms with van der Waals surface area (Å²) in [7, 11) is -2.22. The molecule has 0 fully saturated rings. The Bertz CT molecular complexity index is 956. The minimum Gasteiger partial charge on any atom is -0.324 e. The normalized spacial score (nSPS) is 12.3. The third-order valence-electron chi connectivity index (χ3n) is 3.01. The number of anilines is 2. The molecule has 2 rings (SSSR count). The third kappa shape index (κ3) is 6.36. The zero-order valence-electron chi connectivity index (χ0n) is 14.1. The van der Waals surface area contributed by atoms with E-state index in [4.69, 9.17) is 23.2 Å². The first-order valence-electron chi connectivity index (χ1n) is 7.38. The number of nitrogens with one attached hydrogen (secondary N) is 2. The van der Waals surface area contributed by atoms with E-state index < -0.39 is 10.0 Å². The molecule has 0 unspecified atom stereocenters. The average Bonchev–Trinajstić information content (AvgIpc) is 2.61. The fourth-order valence-corrected chi connectivity index (χ4v) is 3.14. The first-order chi connectivity index (χ1) is 12.8. The van der Waals surface area contributed by atoms with Crippen LogP contribution in [0.5, 0.6) is 0 Å². The topological polar surface area (TPSA) is 122 Å². The first-order valence-corrected chi connectivity index (χ1v) is 9.62. The molecule has 2 N–H and O–H groups in total. The van der Waals surface area contributed by atoms with Crippen molar-refractivity contribution in [3.8, 4) is 0 Å². The van der Waals surface area contributed by atoms with Crippen LogP contribution in [0.15, 0.2) is 51.8 Å². The molecule has 1 aromatic carbocycles. The van der Waals surface area contributed by atoms with Gasteiger partial charge < -0.3 is 5.32 Å². The average molecular weight is 428 g/mol. The number of hydrogen-bond donors (Lipinski definition) is 2. The van der Waals surface area contributed by atoms with E-state index in [2.05, 4.69) is 41.6 Å². The Morgan fingerprint density at radius 1 is 1.19 bits per heavy atom. The molecule has 27 heavy (non-hydrogen) atoms. The van der Waals surface area contributed by atoms with E-state index in [0.29, 0.717) is 11.5 Å². The van der Waals surface area contributed by atoms with Crippen LogP contribution in [-0.2, 0) is 10.0 Å². The van der Waals surface area contributed by atoms with Crippen molar-refractivity contribution in [2.75, 3.05) is 18.9 Å². The molecule has 0 atom stereocenters. The molecule has 0 aliphatic rings. The third-order valence-corrected chi connectivity index (χ3v) is 4.76. The standard InChI is InChI=1S/C15H15Cl2N7O2S/c1-3-8-19-12(18-2)9-20-27(25,26)11-6-4-10(5-7-11)21-15-23-13(16)22-14(17)24-15/h3-8,20H,1,9H2,2H3,(H,21,22,23,24). The Morgan fingerprint density at radius 2 is 1.81 bits per heavy atom. The van der Waals surface area contributed by atoms with Gasteiger partial charge in [-0.05, 0) is 47.5 Å². The summed E-state index contributed by atoms with van der Waals surface area (Å²) in [6, 6.07) is 5.94. The van der Waals surface area contributed by atoms with E-state index in [1.807, 2.05) is 0 Å². The highest BCUT2D eigenvalue weighted by atomic mass is 35.5. The summed E-state index contributed by atoms with van der Waals surface area (Å²) in [5, 5.41) is 2.73. The van der Waals surface area contributed by atoms with Crippen LogP contribution in [0, 0.1) is 0 Å². The van der Waals surface area contributed by atoms with E-state index in [0.717, 1.165) is 0 Å². The van der Waals surface area contributed by atoms with Crippen molar-refractivity contribution in [1.29, 1.82) is 0 Å². The first kappa shape index (κ1) is 20.9.